The van der Waals surface area contributed by atoms with Crippen LogP contribution in [0.1, 0.15) is 52.9 Å². The molecule has 1 N–H and O–H groups in total. The number of rotatable bonds is 14. The predicted octanol–water partition coefficient (Wildman–Crippen LogP) is 1.75. The molecule has 1 atom stereocenters. The third-order valence-electron chi connectivity index (χ3n) is 5.78. The molecule has 162 valence electrons. The lowest BCUT2D eigenvalue weighted by Crippen LogP contribution is -2.39. The van der Waals surface area contributed by atoms with Gasteiger partial charge in [-0.15, -0.1) is 0 Å². The molecule has 0 amide bonds. The van der Waals surface area contributed by atoms with E-state index in [-0.39, 0.29) is 17.9 Å². The van der Waals surface area contributed by atoms with Gasteiger partial charge in [-0.2, -0.15) is 0 Å². The minimum Gasteiger partial charge on any atom is -0.480 e. The molecule has 1 fully saturated rings. The van der Waals surface area contributed by atoms with Crippen LogP contribution in [0, 0.1) is 5.92 Å². The van der Waals surface area contributed by atoms with Crippen molar-refractivity contribution in [3.05, 3.63) is 0 Å². The fourth-order valence-electron chi connectivity index (χ4n) is 3.83. The number of likely N-dealkylation sites (tertiary alicyclic amines) is 1. The van der Waals surface area contributed by atoms with E-state index in [9.17, 15) is 14.4 Å². The Balaban J connectivity index is 2.27. The second-order valence-corrected chi connectivity index (χ2v) is 8.96. The van der Waals surface area contributed by atoms with Crippen molar-refractivity contribution < 1.29 is 19.5 Å². The Hall–Kier alpha value is -1.31. The zero-order chi connectivity index (χ0) is 21.3. The first kappa shape index (κ1) is 24.7. The summed E-state index contributed by atoms with van der Waals surface area (Å²) in [6.07, 6.45) is 4.18. The first-order valence-electron chi connectivity index (χ1n) is 10.4. The zero-order valence-corrected chi connectivity index (χ0v) is 18.4. The standard InChI is InChI=1S/C21H39N3O4/c1-6-17(9-10-24-15-19(26)13-21(24,2)3)7-8-18(25)14-22(4)11-12-23(5)16-20(27)28/h17H,6-16H2,1-5H3,(H,27,28)/t17-/m1/s1. The molecule has 0 aromatic rings. The van der Waals surface area contributed by atoms with Gasteiger partial charge in [0.05, 0.1) is 19.6 Å². The van der Waals surface area contributed by atoms with E-state index in [2.05, 4.69) is 25.7 Å². The van der Waals surface area contributed by atoms with Crippen molar-refractivity contribution in [2.45, 2.75) is 58.4 Å². The minimum atomic E-state index is -0.839. The molecule has 0 spiro atoms. The van der Waals surface area contributed by atoms with Gasteiger partial charge in [0.15, 0.2) is 0 Å². The van der Waals surface area contributed by atoms with E-state index in [1.54, 1.807) is 11.9 Å². The molecule has 1 heterocycles. The van der Waals surface area contributed by atoms with Gasteiger partial charge in [-0.25, -0.2) is 0 Å². The lowest BCUT2D eigenvalue weighted by molar-refractivity contribution is -0.138. The number of aliphatic carboxylic acids is 1. The fraction of sp³-hybridized carbons (Fsp3) is 0.857. The molecule has 0 saturated carbocycles. The predicted molar refractivity (Wildman–Crippen MR) is 111 cm³/mol. The number of carbonyl (C=O) groups excluding carboxylic acids is 2. The topological polar surface area (TPSA) is 81.2 Å². The monoisotopic (exact) mass is 397 g/mol. The van der Waals surface area contributed by atoms with Gasteiger partial charge in [-0.3, -0.25) is 29.1 Å². The average molecular weight is 398 g/mol. The molecule has 1 rings (SSSR count). The Labute approximate surface area is 170 Å². The summed E-state index contributed by atoms with van der Waals surface area (Å²) in [7, 11) is 3.67. The first-order chi connectivity index (χ1) is 13.0. The minimum absolute atomic E-state index is 0.0133. The van der Waals surface area contributed by atoms with E-state index in [1.807, 2.05) is 11.9 Å². The van der Waals surface area contributed by atoms with Crippen molar-refractivity contribution >= 4 is 17.5 Å². The quantitative estimate of drug-likeness (QED) is 0.478. The number of nitrogens with zero attached hydrogens (tertiary/aromatic N) is 3. The molecular weight excluding hydrogens is 358 g/mol. The molecule has 7 heteroatoms. The Bertz CT molecular complexity index is 536. The summed E-state index contributed by atoms with van der Waals surface area (Å²) in [5, 5.41) is 8.77. The lowest BCUT2D eigenvalue weighted by atomic mass is 9.94. The van der Waals surface area contributed by atoms with Crippen LogP contribution in [0.3, 0.4) is 0 Å². The summed E-state index contributed by atoms with van der Waals surface area (Å²) in [6.45, 7) is 9.62. The van der Waals surface area contributed by atoms with Gasteiger partial charge in [-0.1, -0.05) is 13.3 Å². The second-order valence-electron chi connectivity index (χ2n) is 8.96. The first-order valence-corrected chi connectivity index (χ1v) is 10.4. The highest BCUT2D eigenvalue weighted by Gasteiger charge is 2.36. The molecule has 28 heavy (non-hydrogen) atoms. The molecule has 0 radical (unpaired) electrons. The highest BCUT2D eigenvalue weighted by atomic mass is 16.4. The molecule has 0 aromatic carbocycles. The molecule has 0 unspecified atom stereocenters. The Morgan fingerprint density at radius 2 is 1.75 bits per heavy atom. The van der Waals surface area contributed by atoms with Crippen molar-refractivity contribution in [1.29, 1.82) is 0 Å². The third-order valence-corrected chi connectivity index (χ3v) is 5.78. The Morgan fingerprint density at radius 3 is 2.25 bits per heavy atom. The summed E-state index contributed by atoms with van der Waals surface area (Å²) >= 11 is 0. The van der Waals surface area contributed by atoms with Crippen LogP contribution in [0.15, 0.2) is 0 Å². The SMILES string of the molecule is CC[C@H](CCC(=O)CN(C)CCN(C)CC(=O)O)CCN1CC(=O)CC1(C)C. The summed E-state index contributed by atoms with van der Waals surface area (Å²) in [5.74, 6) is 0.222. The Kier molecular flexibility index (Phi) is 10.3. The number of carboxylic acid groups (broad SMARTS) is 1. The van der Waals surface area contributed by atoms with E-state index < -0.39 is 5.97 Å². The second kappa shape index (κ2) is 11.6. The summed E-state index contributed by atoms with van der Waals surface area (Å²) in [5.41, 5.74) is -0.0400. The van der Waals surface area contributed by atoms with Gasteiger partial charge in [-0.05, 0) is 53.2 Å². The van der Waals surface area contributed by atoms with E-state index in [0.29, 0.717) is 50.7 Å². The summed E-state index contributed by atoms with van der Waals surface area (Å²) in [6, 6.07) is 0. The number of likely N-dealkylation sites (N-methyl/N-ethyl adjacent to an activating group) is 2. The molecule has 1 aliphatic heterocycles. The number of hydrogen-bond acceptors (Lipinski definition) is 6. The normalized spacial score (nSPS) is 18.2. The largest absolute Gasteiger partial charge is 0.480 e. The van der Waals surface area contributed by atoms with Crippen molar-refractivity contribution in [2.24, 2.45) is 5.92 Å². The molecule has 0 aromatic heterocycles. The van der Waals surface area contributed by atoms with Gasteiger partial charge < -0.3 is 5.11 Å². The van der Waals surface area contributed by atoms with Crippen molar-refractivity contribution in [1.82, 2.24) is 14.7 Å². The third kappa shape index (κ3) is 9.26. The number of Topliss-reactive ketones (excluding diaryl/α,β-unsaturated/α-hetero) is 2. The number of hydrogen-bond donors (Lipinski definition) is 1. The fourth-order valence-corrected chi connectivity index (χ4v) is 3.83. The van der Waals surface area contributed by atoms with E-state index in [4.69, 9.17) is 5.11 Å². The van der Waals surface area contributed by atoms with E-state index >= 15 is 0 Å². The maximum Gasteiger partial charge on any atom is 0.317 e. The van der Waals surface area contributed by atoms with Gasteiger partial charge in [0, 0.05) is 31.5 Å². The maximum absolute atomic E-state index is 12.3. The molecule has 0 bridgehead atoms. The lowest BCUT2D eigenvalue weighted by Gasteiger charge is -2.31. The van der Waals surface area contributed by atoms with Crippen molar-refractivity contribution in [3.8, 4) is 0 Å². The van der Waals surface area contributed by atoms with E-state index in [0.717, 1.165) is 25.8 Å². The Morgan fingerprint density at radius 1 is 1.14 bits per heavy atom. The summed E-state index contributed by atoms with van der Waals surface area (Å²) in [4.78, 5) is 40.7. The van der Waals surface area contributed by atoms with Gasteiger partial charge in [0.25, 0.3) is 0 Å². The average Bonchev–Trinajstić information content (AvgIpc) is 2.84. The molecule has 1 saturated heterocycles. The van der Waals surface area contributed by atoms with Crippen LogP contribution in [-0.4, -0.2) is 96.2 Å². The van der Waals surface area contributed by atoms with Crippen LogP contribution in [0.5, 0.6) is 0 Å². The zero-order valence-electron chi connectivity index (χ0n) is 18.4. The molecule has 1 aliphatic rings. The number of carboxylic acids is 1. The van der Waals surface area contributed by atoms with Crippen LogP contribution < -0.4 is 0 Å². The summed E-state index contributed by atoms with van der Waals surface area (Å²) < 4.78 is 0. The van der Waals surface area contributed by atoms with Crippen molar-refractivity contribution in [3.63, 3.8) is 0 Å². The molecule has 0 aliphatic carbocycles. The van der Waals surface area contributed by atoms with Crippen molar-refractivity contribution in [2.75, 3.05) is 53.4 Å². The van der Waals surface area contributed by atoms with Crippen LogP contribution in [0.2, 0.25) is 0 Å². The maximum atomic E-state index is 12.3. The van der Waals surface area contributed by atoms with Crippen LogP contribution >= 0.6 is 0 Å². The van der Waals surface area contributed by atoms with Crippen LogP contribution in [0.4, 0.5) is 0 Å². The van der Waals surface area contributed by atoms with Crippen LogP contribution in [-0.2, 0) is 14.4 Å². The van der Waals surface area contributed by atoms with Crippen LogP contribution in [0.25, 0.3) is 0 Å². The smallest absolute Gasteiger partial charge is 0.317 e. The molecular formula is C21H39N3O4. The van der Waals surface area contributed by atoms with Gasteiger partial charge >= 0.3 is 5.97 Å². The van der Waals surface area contributed by atoms with E-state index in [1.165, 1.54) is 0 Å². The molecule has 7 nitrogen and oxygen atoms in total. The number of carbonyl (C=O) groups is 3. The highest BCUT2D eigenvalue weighted by Crippen LogP contribution is 2.27. The number of ketones is 2. The highest BCUT2D eigenvalue weighted by molar-refractivity contribution is 5.84. The van der Waals surface area contributed by atoms with Gasteiger partial charge in [0.1, 0.15) is 11.6 Å². The van der Waals surface area contributed by atoms with Gasteiger partial charge in [0.2, 0.25) is 0 Å².